The van der Waals surface area contributed by atoms with Crippen LogP contribution in [0.5, 0.6) is 0 Å². The summed E-state index contributed by atoms with van der Waals surface area (Å²) in [4.78, 5) is 0. The predicted molar refractivity (Wildman–Crippen MR) is 64.9 cm³/mol. The van der Waals surface area contributed by atoms with E-state index in [1.54, 1.807) is 0 Å². The predicted octanol–water partition coefficient (Wildman–Crippen LogP) is 2.56. The quantitative estimate of drug-likeness (QED) is 0.735. The monoisotopic (exact) mass is 213 g/mol. The zero-order chi connectivity index (χ0) is 11.3. The normalized spacial score (nSPS) is 21.6. The third-order valence-electron chi connectivity index (χ3n) is 3.69. The lowest BCUT2D eigenvalue weighted by Gasteiger charge is -2.31. The molecule has 1 atom stereocenters. The summed E-state index contributed by atoms with van der Waals surface area (Å²) in [5.41, 5.74) is 0.0168. The molecule has 0 aromatic heterocycles. The van der Waals surface area contributed by atoms with Gasteiger partial charge in [0.15, 0.2) is 0 Å². The number of aliphatic hydroxyl groups excluding tert-OH is 1. The lowest BCUT2D eigenvalue weighted by molar-refractivity contribution is 0.146. The van der Waals surface area contributed by atoms with Crippen LogP contribution in [-0.2, 0) is 0 Å². The Morgan fingerprint density at radius 2 is 1.87 bits per heavy atom. The zero-order valence-corrected chi connectivity index (χ0v) is 10.6. The van der Waals surface area contributed by atoms with E-state index in [-0.39, 0.29) is 12.0 Å². The fourth-order valence-electron chi connectivity index (χ4n) is 2.29. The summed E-state index contributed by atoms with van der Waals surface area (Å²) < 4.78 is 0. The molecule has 2 N–H and O–H groups in total. The Morgan fingerprint density at radius 1 is 1.27 bits per heavy atom. The van der Waals surface area contributed by atoms with Gasteiger partial charge in [0.05, 0.1) is 0 Å². The molecule has 0 amide bonds. The van der Waals surface area contributed by atoms with Crippen LogP contribution in [0, 0.1) is 11.3 Å². The van der Waals surface area contributed by atoms with Gasteiger partial charge in [-0.3, -0.25) is 0 Å². The summed E-state index contributed by atoms with van der Waals surface area (Å²) in [6, 6.07) is 0.608. The molecular weight excluding hydrogens is 186 g/mol. The Labute approximate surface area is 94.5 Å². The van der Waals surface area contributed by atoms with Crippen LogP contribution in [0.15, 0.2) is 0 Å². The third kappa shape index (κ3) is 4.52. The molecule has 2 nitrogen and oxygen atoms in total. The highest BCUT2D eigenvalue weighted by Gasteiger charge is 2.22. The summed E-state index contributed by atoms with van der Waals surface area (Å²) in [6.07, 6.45) is 6.99. The average molecular weight is 213 g/mol. The van der Waals surface area contributed by atoms with E-state index in [0.29, 0.717) is 6.04 Å². The molecule has 0 unspecified atom stereocenters. The third-order valence-corrected chi connectivity index (χ3v) is 3.69. The Hall–Kier alpha value is -0.0800. The first-order valence-corrected chi connectivity index (χ1v) is 6.39. The first-order chi connectivity index (χ1) is 7.05. The first kappa shape index (κ1) is 13.0. The van der Waals surface area contributed by atoms with E-state index in [4.69, 9.17) is 0 Å². The van der Waals surface area contributed by atoms with Crippen LogP contribution in [0.25, 0.3) is 0 Å². The van der Waals surface area contributed by atoms with Crippen molar-refractivity contribution in [3.63, 3.8) is 0 Å². The molecule has 15 heavy (non-hydrogen) atoms. The highest BCUT2D eigenvalue weighted by atomic mass is 16.3. The van der Waals surface area contributed by atoms with Crippen molar-refractivity contribution in [1.29, 1.82) is 0 Å². The molecule has 0 aliphatic heterocycles. The number of rotatable bonds is 5. The molecule has 90 valence electrons. The molecule has 1 fully saturated rings. The fourth-order valence-corrected chi connectivity index (χ4v) is 2.29. The van der Waals surface area contributed by atoms with Crippen LogP contribution in [0.1, 0.15) is 52.9 Å². The van der Waals surface area contributed by atoms with E-state index in [0.717, 1.165) is 12.5 Å². The standard InChI is InChI=1S/C13H27NO/c1-11(12-7-5-4-6-8-12)14-9-13(2,3)10-15/h11-12,14-15H,4-10H2,1-3H3/t11-/m1/s1. The highest BCUT2D eigenvalue weighted by Crippen LogP contribution is 2.26. The van der Waals surface area contributed by atoms with E-state index in [1.807, 2.05) is 0 Å². The lowest BCUT2D eigenvalue weighted by atomic mass is 9.84. The van der Waals surface area contributed by atoms with E-state index in [2.05, 4.69) is 26.1 Å². The van der Waals surface area contributed by atoms with Crippen LogP contribution in [-0.4, -0.2) is 24.3 Å². The molecule has 0 radical (unpaired) electrons. The van der Waals surface area contributed by atoms with E-state index in [9.17, 15) is 5.11 Å². The Morgan fingerprint density at radius 3 is 2.40 bits per heavy atom. The summed E-state index contributed by atoms with van der Waals surface area (Å²) in [6.45, 7) is 7.68. The maximum absolute atomic E-state index is 9.18. The smallest absolute Gasteiger partial charge is 0.0494 e. The summed E-state index contributed by atoms with van der Waals surface area (Å²) in [5.74, 6) is 0.855. The molecule has 0 spiro atoms. The van der Waals surface area contributed by atoms with Crippen LogP contribution in [0.4, 0.5) is 0 Å². The largest absolute Gasteiger partial charge is 0.396 e. The second-order valence-corrected chi connectivity index (χ2v) is 5.89. The molecule has 0 saturated heterocycles. The number of hydrogen-bond donors (Lipinski definition) is 2. The van der Waals surface area contributed by atoms with Crippen molar-refractivity contribution in [1.82, 2.24) is 5.32 Å². The average Bonchev–Trinajstić information content (AvgIpc) is 2.27. The van der Waals surface area contributed by atoms with Gasteiger partial charge < -0.3 is 10.4 Å². The molecule has 1 saturated carbocycles. The van der Waals surface area contributed by atoms with Gasteiger partial charge in [-0.25, -0.2) is 0 Å². The van der Waals surface area contributed by atoms with Crippen molar-refractivity contribution in [3.05, 3.63) is 0 Å². The van der Waals surface area contributed by atoms with E-state index < -0.39 is 0 Å². The van der Waals surface area contributed by atoms with Gasteiger partial charge in [-0.15, -0.1) is 0 Å². The van der Waals surface area contributed by atoms with Crippen LogP contribution in [0.3, 0.4) is 0 Å². The minimum absolute atomic E-state index is 0.0168. The van der Waals surface area contributed by atoms with Crippen molar-refractivity contribution < 1.29 is 5.11 Å². The molecule has 0 aromatic rings. The highest BCUT2D eigenvalue weighted by molar-refractivity contribution is 4.79. The summed E-state index contributed by atoms with van der Waals surface area (Å²) in [5, 5.41) is 12.8. The van der Waals surface area contributed by atoms with Gasteiger partial charge in [0.25, 0.3) is 0 Å². The molecule has 0 bridgehead atoms. The first-order valence-electron chi connectivity index (χ1n) is 6.39. The van der Waals surface area contributed by atoms with Gasteiger partial charge in [-0.2, -0.15) is 0 Å². The molecule has 0 aromatic carbocycles. The Bertz CT molecular complexity index is 173. The SMILES string of the molecule is C[C@@H](NCC(C)(C)CO)C1CCCCC1. The van der Waals surface area contributed by atoms with Gasteiger partial charge in [0, 0.05) is 24.6 Å². The molecular formula is C13H27NO. The zero-order valence-electron chi connectivity index (χ0n) is 10.6. The lowest BCUT2D eigenvalue weighted by Crippen LogP contribution is -2.41. The topological polar surface area (TPSA) is 32.3 Å². The molecule has 1 rings (SSSR count). The van der Waals surface area contributed by atoms with Crippen molar-refractivity contribution >= 4 is 0 Å². The maximum Gasteiger partial charge on any atom is 0.0494 e. The number of hydrogen-bond acceptors (Lipinski definition) is 2. The van der Waals surface area contributed by atoms with E-state index >= 15 is 0 Å². The van der Waals surface area contributed by atoms with Gasteiger partial charge in [-0.05, 0) is 25.7 Å². The Kier molecular flexibility index (Phi) is 5.07. The second kappa shape index (κ2) is 5.86. The van der Waals surface area contributed by atoms with Gasteiger partial charge in [0.2, 0.25) is 0 Å². The number of aliphatic hydroxyl groups is 1. The minimum atomic E-state index is 0.0168. The van der Waals surface area contributed by atoms with E-state index in [1.165, 1.54) is 32.1 Å². The summed E-state index contributed by atoms with van der Waals surface area (Å²) >= 11 is 0. The molecule has 1 aliphatic carbocycles. The van der Waals surface area contributed by atoms with Gasteiger partial charge in [-0.1, -0.05) is 33.1 Å². The summed E-state index contributed by atoms with van der Waals surface area (Å²) in [7, 11) is 0. The van der Waals surface area contributed by atoms with Gasteiger partial charge in [0.1, 0.15) is 0 Å². The van der Waals surface area contributed by atoms with Crippen LogP contribution >= 0.6 is 0 Å². The van der Waals surface area contributed by atoms with Crippen molar-refractivity contribution in [2.75, 3.05) is 13.2 Å². The minimum Gasteiger partial charge on any atom is -0.396 e. The number of nitrogens with one attached hydrogen (secondary N) is 1. The van der Waals surface area contributed by atoms with Crippen LogP contribution < -0.4 is 5.32 Å². The molecule has 2 heteroatoms. The molecule has 1 aliphatic rings. The van der Waals surface area contributed by atoms with Crippen molar-refractivity contribution in [2.24, 2.45) is 11.3 Å². The van der Waals surface area contributed by atoms with Gasteiger partial charge >= 0.3 is 0 Å². The van der Waals surface area contributed by atoms with Crippen molar-refractivity contribution in [3.8, 4) is 0 Å². The maximum atomic E-state index is 9.18. The van der Waals surface area contributed by atoms with Crippen LogP contribution in [0.2, 0.25) is 0 Å². The fraction of sp³-hybridized carbons (Fsp3) is 1.00. The Balaban J connectivity index is 2.25. The molecule has 0 heterocycles. The van der Waals surface area contributed by atoms with Crippen molar-refractivity contribution in [2.45, 2.75) is 58.9 Å². The second-order valence-electron chi connectivity index (χ2n) is 5.89.